The van der Waals surface area contributed by atoms with Crippen LogP contribution in [0.4, 0.5) is 10.5 Å². The second-order valence-electron chi connectivity index (χ2n) is 4.39. The summed E-state index contributed by atoms with van der Waals surface area (Å²) in [5, 5.41) is 15.6. The van der Waals surface area contributed by atoms with Crippen LogP contribution in [-0.4, -0.2) is 36.1 Å². The molecule has 1 rings (SSSR count). The topological polar surface area (TPSA) is 108 Å². The summed E-state index contributed by atoms with van der Waals surface area (Å²) in [5.41, 5.74) is 2.43. The number of amides is 3. The number of hydrogen-bond donors (Lipinski definition) is 4. The van der Waals surface area contributed by atoms with E-state index in [1.165, 1.54) is 0 Å². The molecule has 0 aromatic heterocycles. The number of nitrogens with one attached hydrogen (secondary N) is 3. The van der Waals surface area contributed by atoms with Gasteiger partial charge in [0.05, 0.1) is 6.54 Å². The van der Waals surface area contributed by atoms with E-state index >= 15 is 0 Å². The third kappa shape index (κ3) is 5.82. The highest BCUT2D eigenvalue weighted by atomic mass is 79.9. The average molecular weight is 358 g/mol. The number of urea groups is 1. The highest BCUT2D eigenvalue weighted by molar-refractivity contribution is 9.10. The van der Waals surface area contributed by atoms with Crippen molar-refractivity contribution in [1.82, 2.24) is 10.6 Å². The van der Waals surface area contributed by atoms with Crippen LogP contribution in [0.15, 0.2) is 16.6 Å². The molecule has 0 radical (unpaired) electrons. The van der Waals surface area contributed by atoms with Crippen LogP contribution in [-0.2, 0) is 9.59 Å². The van der Waals surface area contributed by atoms with Crippen molar-refractivity contribution in [3.63, 3.8) is 0 Å². The van der Waals surface area contributed by atoms with Crippen LogP contribution in [0.5, 0.6) is 0 Å². The minimum absolute atomic E-state index is 0.298. The highest BCUT2D eigenvalue weighted by Crippen LogP contribution is 2.24. The van der Waals surface area contributed by atoms with Gasteiger partial charge in [-0.2, -0.15) is 0 Å². The molecule has 0 saturated heterocycles. The number of carboxylic acid groups (broad SMARTS) is 1. The molecule has 0 bridgehead atoms. The average Bonchev–Trinajstić information content (AvgIpc) is 2.38. The van der Waals surface area contributed by atoms with Gasteiger partial charge in [0.25, 0.3) is 0 Å². The summed E-state index contributed by atoms with van der Waals surface area (Å²) in [6.45, 7) is 2.93. The van der Waals surface area contributed by atoms with Gasteiger partial charge in [0, 0.05) is 10.2 Å². The minimum Gasteiger partial charge on any atom is -0.480 e. The number of carboxylic acids is 1. The van der Waals surface area contributed by atoms with Crippen LogP contribution in [0.1, 0.15) is 11.1 Å². The first-order valence-electron chi connectivity index (χ1n) is 6.09. The molecule has 1 aromatic rings. The maximum absolute atomic E-state index is 11.7. The van der Waals surface area contributed by atoms with Gasteiger partial charge in [-0.1, -0.05) is 15.9 Å². The molecule has 21 heavy (non-hydrogen) atoms. The Kier molecular flexibility index (Phi) is 6.16. The van der Waals surface area contributed by atoms with Crippen LogP contribution in [0.3, 0.4) is 0 Å². The Balaban J connectivity index is 2.51. The molecule has 114 valence electrons. The van der Waals surface area contributed by atoms with Gasteiger partial charge >= 0.3 is 12.0 Å². The van der Waals surface area contributed by atoms with Crippen molar-refractivity contribution in [2.45, 2.75) is 13.8 Å². The number of carbonyl (C=O) groups excluding carboxylic acids is 2. The Morgan fingerprint density at radius 3 is 2.19 bits per heavy atom. The van der Waals surface area contributed by atoms with E-state index in [0.717, 1.165) is 15.6 Å². The Hall–Kier alpha value is -2.09. The molecule has 4 N–H and O–H groups in total. The normalized spacial score (nSPS) is 9.86. The molecule has 0 atom stereocenters. The smallest absolute Gasteiger partial charge is 0.322 e. The van der Waals surface area contributed by atoms with E-state index < -0.39 is 24.5 Å². The second kappa shape index (κ2) is 7.63. The number of aryl methyl sites for hydroxylation is 2. The number of carbonyl (C=O) groups is 3. The van der Waals surface area contributed by atoms with Gasteiger partial charge in [-0.05, 0) is 37.1 Å². The Bertz CT molecular complexity index is 552. The monoisotopic (exact) mass is 357 g/mol. The van der Waals surface area contributed by atoms with Crippen molar-refractivity contribution >= 4 is 39.5 Å². The van der Waals surface area contributed by atoms with Crippen molar-refractivity contribution < 1.29 is 19.5 Å². The van der Waals surface area contributed by atoms with Crippen LogP contribution in [0.2, 0.25) is 0 Å². The molecule has 1 aromatic carbocycles. The lowest BCUT2D eigenvalue weighted by molar-refractivity contribution is -0.137. The van der Waals surface area contributed by atoms with E-state index in [-0.39, 0.29) is 6.54 Å². The summed E-state index contributed by atoms with van der Waals surface area (Å²) < 4.78 is 0.913. The standard InChI is InChI=1S/C13H16BrN3O4/c1-7-3-9(14)4-8(2)12(7)17-13(21)16-5-10(18)15-6-11(19)20/h3-4H,5-6H2,1-2H3,(H,15,18)(H,19,20)(H2,16,17,21). The first-order valence-corrected chi connectivity index (χ1v) is 6.89. The lowest BCUT2D eigenvalue weighted by Gasteiger charge is -2.13. The van der Waals surface area contributed by atoms with Crippen molar-refractivity contribution in [2.75, 3.05) is 18.4 Å². The van der Waals surface area contributed by atoms with Crippen molar-refractivity contribution in [3.05, 3.63) is 27.7 Å². The molecule has 0 aliphatic carbocycles. The van der Waals surface area contributed by atoms with Gasteiger partial charge in [0.1, 0.15) is 6.54 Å². The maximum Gasteiger partial charge on any atom is 0.322 e. The summed E-state index contributed by atoms with van der Waals surface area (Å²) in [6.07, 6.45) is 0. The Labute approximate surface area is 130 Å². The number of hydrogen-bond acceptors (Lipinski definition) is 3. The number of aliphatic carboxylic acids is 1. The summed E-state index contributed by atoms with van der Waals surface area (Å²) in [5.74, 6) is -1.72. The summed E-state index contributed by atoms with van der Waals surface area (Å²) in [4.78, 5) is 33.2. The van der Waals surface area contributed by atoms with Gasteiger partial charge in [-0.25, -0.2) is 4.79 Å². The molecule has 0 spiro atoms. The fourth-order valence-electron chi connectivity index (χ4n) is 1.66. The summed E-state index contributed by atoms with van der Waals surface area (Å²) in [7, 11) is 0. The molecule has 0 aliphatic heterocycles. The molecule has 3 amide bonds. The molecule has 0 aliphatic rings. The molecule has 8 heteroatoms. The molecular formula is C13H16BrN3O4. The van der Waals surface area contributed by atoms with E-state index in [2.05, 4.69) is 31.9 Å². The number of anilines is 1. The van der Waals surface area contributed by atoms with Crippen molar-refractivity contribution in [2.24, 2.45) is 0 Å². The minimum atomic E-state index is -1.14. The highest BCUT2D eigenvalue weighted by Gasteiger charge is 2.10. The van der Waals surface area contributed by atoms with Gasteiger partial charge in [0.2, 0.25) is 5.91 Å². The van der Waals surface area contributed by atoms with E-state index in [1.807, 2.05) is 26.0 Å². The fourth-order valence-corrected chi connectivity index (χ4v) is 2.35. The lowest BCUT2D eigenvalue weighted by Crippen LogP contribution is -2.40. The summed E-state index contributed by atoms with van der Waals surface area (Å²) >= 11 is 3.36. The summed E-state index contributed by atoms with van der Waals surface area (Å²) in [6, 6.07) is 3.19. The number of halogens is 1. The molecule has 0 heterocycles. The Morgan fingerprint density at radius 1 is 1.10 bits per heavy atom. The predicted molar refractivity (Wildman–Crippen MR) is 81.3 cm³/mol. The molecule has 0 unspecified atom stereocenters. The lowest BCUT2D eigenvalue weighted by atomic mass is 10.1. The van der Waals surface area contributed by atoms with Crippen LogP contribution >= 0.6 is 15.9 Å². The van der Waals surface area contributed by atoms with Crippen LogP contribution in [0, 0.1) is 13.8 Å². The zero-order valence-corrected chi connectivity index (χ0v) is 13.2. The maximum atomic E-state index is 11.7. The fraction of sp³-hybridized carbons (Fsp3) is 0.308. The molecular weight excluding hydrogens is 342 g/mol. The zero-order valence-electron chi connectivity index (χ0n) is 11.6. The first kappa shape index (κ1) is 17.0. The third-order valence-corrected chi connectivity index (χ3v) is 3.04. The molecule has 0 fully saturated rings. The van der Waals surface area contributed by atoms with Crippen molar-refractivity contribution in [1.29, 1.82) is 0 Å². The SMILES string of the molecule is Cc1cc(Br)cc(C)c1NC(=O)NCC(=O)NCC(=O)O. The van der Waals surface area contributed by atoms with Gasteiger partial charge in [0.15, 0.2) is 0 Å². The number of rotatable bonds is 5. The van der Waals surface area contributed by atoms with Crippen molar-refractivity contribution in [3.8, 4) is 0 Å². The third-order valence-electron chi connectivity index (χ3n) is 2.58. The van der Waals surface area contributed by atoms with E-state index in [9.17, 15) is 14.4 Å². The van der Waals surface area contributed by atoms with Gasteiger partial charge < -0.3 is 21.1 Å². The number of benzene rings is 1. The van der Waals surface area contributed by atoms with E-state index in [1.54, 1.807) is 0 Å². The Morgan fingerprint density at radius 2 is 1.67 bits per heavy atom. The zero-order chi connectivity index (χ0) is 16.0. The second-order valence-corrected chi connectivity index (χ2v) is 5.31. The van der Waals surface area contributed by atoms with Crippen LogP contribution < -0.4 is 16.0 Å². The largest absolute Gasteiger partial charge is 0.480 e. The van der Waals surface area contributed by atoms with Gasteiger partial charge in [-0.15, -0.1) is 0 Å². The van der Waals surface area contributed by atoms with E-state index in [4.69, 9.17) is 5.11 Å². The van der Waals surface area contributed by atoms with E-state index in [0.29, 0.717) is 5.69 Å². The predicted octanol–water partition coefficient (Wildman–Crippen LogP) is 1.39. The molecule has 0 saturated carbocycles. The van der Waals surface area contributed by atoms with Crippen LogP contribution in [0.25, 0.3) is 0 Å². The first-order chi connectivity index (χ1) is 9.79. The quantitative estimate of drug-likeness (QED) is 0.638. The van der Waals surface area contributed by atoms with Gasteiger partial charge in [-0.3, -0.25) is 9.59 Å². The molecule has 7 nitrogen and oxygen atoms in total.